The molecule has 0 aromatic heterocycles. The summed E-state index contributed by atoms with van der Waals surface area (Å²) in [6.07, 6.45) is -2.94. The number of hydrogen-bond acceptors (Lipinski definition) is 1. The maximum absolute atomic E-state index is 13.1. The Hall–Kier alpha value is -0.600. The molecule has 0 aliphatic carbocycles. The molecule has 5 heteroatoms. The molecule has 0 fully saturated rings. The van der Waals surface area contributed by atoms with Crippen LogP contribution in [0.4, 0.5) is 13.2 Å². The molecule has 78 valence electrons. The molecule has 0 saturated carbocycles. The van der Waals surface area contributed by atoms with E-state index in [2.05, 4.69) is 5.09 Å². The summed E-state index contributed by atoms with van der Waals surface area (Å²) in [5.41, 5.74) is 0. The van der Waals surface area contributed by atoms with Gasteiger partial charge in [-0.25, -0.2) is 13.2 Å². The highest BCUT2D eigenvalue weighted by atomic mass is 31.1. The summed E-state index contributed by atoms with van der Waals surface area (Å²) in [6.45, 7) is 0. The van der Waals surface area contributed by atoms with Crippen LogP contribution in [0, 0.1) is 0 Å². The SMILES string of the molecule is CNP(c1ccccc1)C(F)C(F)F. The van der Waals surface area contributed by atoms with Crippen LogP contribution in [-0.2, 0) is 0 Å². The summed E-state index contributed by atoms with van der Waals surface area (Å²) in [4.78, 5) is 0. The third-order valence-electron chi connectivity index (χ3n) is 1.73. The van der Waals surface area contributed by atoms with Crippen molar-refractivity contribution in [2.24, 2.45) is 0 Å². The first kappa shape index (κ1) is 11.5. The zero-order valence-electron chi connectivity index (χ0n) is 7.62. The lowest BCUT2D eigenvalue weighted by molar-refractivity contribution is 0.0923. The van der Waals surface area contributed by atoms with Gasteiger partial charge < -0.3 is 0 Å². The van der Waals surface area contributed by atoms with Gasteiger partial charge in [-0.2, -0.15) is 0 Å². The smallest absolute Gasteiger partial charge is 0.274 e. The molecule has 1 rings (SSSR count). The molecule has 1 nitrogen and oxygen atoms in total. The topological polar surface area (TPSA) is 12.0 Å². The molecule has 0 spiro atoms. The van der Waals surface area contributed by atoms with Gasteiger partial charge in [0.05, 0.1) is 0 Å². The Kier molecular flexibility index (Phi) is 4.36. The van der Waals surface area contributed by atoms with Gasteiger partial charge in [0, 0.05) is 8.07 Å². The predicted molar refractivity (Wildman–Crippen MR) is 53.0 cm³/mol. The van der Waals surface area contributed by atoms with Gasteiger partial charge in [-0.15, -0.1) is 0 Å². The second-order valence-corrected chi connectivity index (χ2v) is 4.83. The summed E-state index contributed by atoms with van der Waals surface area (Å²) in [5, 5.41) is 3.20. The third-order valence-corrected chi connectivity index (χ3v) is 3.78. The van der Waals surface area contributed by atoms with Gasteiger partial charge in [0.2, 0.25) is 0 Å². The molecular formula is C9H11F3NP. The van der Waals surface area contributed by atoms with Crippen molar-refractivity contribution < 1.29 is 13.2 Å². The van der Waals surface area contributed by atoms with E-state index in [1.165, 1.54) is 7.05 Å². The molecule has 2 unspecified atom stereocenters. The molecule has 0 bridgehead atoms. The lowest BCUT2D eigenvalue weighted by atomic mass is 10.4. The van der Waals surface area contributed by atoms with E-state index < -0.39 is 20.4 Å². The van der Waals surface area contributed by atoms with Crippen molar-refractivity contribution >= 4 is 13.4 Å². The zero-order chi connectivity index (χ0) is 10.6. The largest absolute Gasteiger partial charge is 0.293 e. The second kappa shape index (κ2) is 5.32. The van der Waals surface area contributed by atoms with E-state index in [4.69, 9.17) is 0 Å². The molecule has 1 N–H and O–H groups in total. The van der Waals surface area contributed by atoms with Gasteiger partial charge in [0.15, 0.2) is 5.91 Å². The summed E-state index contributed by atoms with van der Waals surface area (Å²) >= 11 is 0. The molecule has 1 aromatic carbocycles. The van der Waals surface area contributed by atoms with Gasteiger partial charge in [-0.05, 0) is 12.4 Å². The number of halogens is 3. The number of hydrogen-bond donors (Lipinski definition) is 1. The van der Waals surface area contributed by atoms with E-state index in [9.17, 15) is 13.2 Å². The van der Waals surface area contributed by atoms with E-state index in [1.807, 2.05) is 0 Å². The van der Waals surface area contributed by atoms with Crippen molar-refractivity contribution in [2.45, 2.75) is 12.3 Å². The lowest BCUT2D eigenvalue weighted by Crippen LogP contribution is -2.23. The number of benzene rings is 1. The van der Waals surface area contributed by atoms with Crippen molar-refractivity contribution in [1.82, 2.24) is 5.09 Å². The van der Waals surface area contributed by atoms with Gasteiger partial charge in [-0.1, -0.05) is 30.3 Å². The van der Waals surface area contributed by atoms with E-state index in [0.717, 1.165) is 0 Å². The maximum Gasteiger partial charge on any atom is 0.274 e. The number of rotatable bonds is 4. The van der Waals surface area contributed by atoms with Crippen LogP contribution >= 0.6 is 8.07 Å². The van der Waals surface area contributed by atoms with Crippen LogP contribution in [0.5, 0.6) is 0 Å². The molecule has 0 amide bonds. The van der Waals surface area contributed by atoms with Crippen molar-refractivity contribution in [2.75, 3.05) is 7.05 Å². The average Bonchev–Trinajstić information content (AvgIpc) is 2.20. The van der Waals surface area contributed by atoms with Crippen LogP contribution in [0.15, 0.2) is 30.3 Å². The van der Waals surface area contributed by atoms with E-state index in [1.54, 1.807) is 30.3 Å². The first-order valence-corrected chi connectivity index (χ1v) is 5.51. The third kappa shape index (κ3) is 2.69. The Morgan fingerprint density at radius 1 is 1.14 bits per heavy atom. The van der Waals surface area contributed by atoms with Gasteiger partial charge in [-0.3, -0.25) is 5.09 Å². The van der Waals surface area contributed by atoms with Crippen LogP contribution in [-0.4, -0.2) is 19.4 Å². The highest BCUT2D eigenvalue weighted by Crippen LogP contribution is 2.39. The second-order valence-electron chi connectivity index (χ2n) is 2.64. The molecule has 1 aromatic rings. The lowest BCUT2D eigenvalue weighted by Gasteiger charge is -2.20. The van der Waals surface area contributed by atoms with Crippen LogP contribution in [0.2, 0.25) is 0 Å². The van der Waals surface area contributed by atoms with Crippen LogP contribution < -0.4 is 10.4 Å². The monoisotopic (exact) mass is 221 g/mol. The van der Waals surface area contributed by atoms with Crippen LogP contribution in [0.3, 0.4) is 0 Å². The highest BCUT2D eigenvalue weighted by molar-refractivity contribution is 7.64. The molecule has 0 aliphatic heterocycles. The summed E-state index contributed by atoms with van der Waals surface area (Å²) in [7, 11) is -0.127. The Balaban J connectivity index is 2.82. The fourth-order valence-corrected chi connectivity index (χ4v) is 2.60. The highest BCUT2D eigenvalue weighted by Gasteiger charge is 2.29. The molecule has 2 atom stereocenters. The van der Waals surface area contributed by atoms with Gasteiger partial charge in [0.25, 0.3) is 6.43 Å². The molecule has 0 aliphatic rings. The van der Waals surface area contributed by atoms with Gasteiger partial charge in [0.1, 0.15) is 0 Å². The normalized spacial score (nSPS) is 15.5. The molecule has 0 saturated heterocycles. The Morgan fingerprint density at radius 3 is 2.14 bits per heavy atom. The average molecular weight is 221 g/mol. The van der Waals surface area contributed by atoms with Crippen LogP contribution in [0.25, 0.3) is 0 Å². The summed E-state index contributed by atoms with van der Waals surface area (Å²) < 4.78 is 37.4. The van der Waals surface area contributed by atoms with Crippen LogP contribution in [0.1, 0.15) is 0 Å². The predicted octanol–water partition coefficient (Wildman–Crippen LogP) is 2.49. The minimum atomic E-state index is -2.94. The molecule has 14 heavy (non-hydrogen) atoms. The standard InChI is InChI=1S/C9H11F3NP/c1-13-14(9(12)8(10)11)7-5-3-2-4-6-7/h2-6,8-9,13H,1H3. The van der Waals surface area contributed by atoms with E-state index >= 15 is 0 Å². The first-order valence-electron chi connectivity index (χ1n) is 4.10. The number of alkyl halides is 3. The first-order chi connectivity index (χ1) is 6.66. The maximum atomic E-state index is 13.1. The molecule has 0 radical (unpaired) electrons. The summed E-state index contributed by atoms with van der Waals surface area (Å²) in [6, 6.07) is 8.48. The minimum absolute atomic E-state index is 0.595. The van der Waals surface area contributed by atoms with E-state index in [0.29, 0.717) is 5.30 Å². The summed E-state index contributed by atoms with van der Waals surface area (Å²) in [5.74, 6) is -2.11. The van der Waals surface area contributed by atoms with Crippen molar-refractivity contribution in [3.63, 3.8) is 0 Å². The molecular weight excluding hydrogens is 210 g/mol. The molecule has 0 heterocycles. The fraction of sp³-hybridized carbons (Fsp3) is 0.333. The minimum Gasteiger partial charge on any atom is -0.293 e. The van der Waals surface area contributed by atoms with Crippen molar-refractivity contribution in [1.29, 1.82) is 0 Å². The van der Waals surface area contributed by atoms with Gasteiger partial charge >= 0.3 is 0 Å². The quantitative estimate of drug-likeness (QED) is 0.770. The van der Waals surface area contributed by atoms with Crippen molar-refractivity contribution in [3.8, 4) is 0 Å². The Bertz CT molecular complexity index is 268. The Labute approximate surface area is 82.1 Å². The van der Waals surface area contributed by atoms with Crippen molar-refractivity contribution in [3.05, 3.63) is 30.3 Å². The van der Waals surface area contributed by atoms with E-state index in [-0.39, 0.29) is 0 Å². The zero-order valence-corrected chi connectivity index (χ0v) is 8.52. The fourth-order valence-electron chi connectivity index (χ4n) is 1.10. The Morgan fingerprint density at radius 2 is 1.71 bits per heavy atom. The number of nitrogens with one attached hydrogen (secondary N) is 1.